The monoisotopic (exact) mass is 403 g/mol. The van der Waals surface area contributed by atoms with Crippen LogP contribution in [0.1, 0.15) is 43.6 Å². The Labute approximate surface area is 171 Å². The molecule has 0 aliphatic carbocycles. The molecule has 0 unspecified atom stereocenters. The van der Waals surface area contributed by atoms with Gasteiger partial charge in [-0.2, -0.15) is 0 Å². The number of fused-ring (bicyclic) bond motifs is 1. The maximum absolute atomic E-state index is 13.2. The predicted octanol–water partition coefficient (Wildman–Crippen LogP) is 0.512. The summed E-state index contributed by atoms with van der Waals surface area (Å²) in [5.41, 5.74) is 0.717. The van der Waals surface area contributed by atoms with Crippen LogP contribution in [0.4, 0.5) is 0 Å². The quantitative estimate of drug-likeness (QED) is 0.710. The number of pyridine rings is 1. The van der Waals surface area contributed by atoms with Gasteiger partial charge in [-0.05, 0) is 19.9 Å². The van der Waals surface area contributed by atoms with Crippen LogP contribution in [0.3, 0.4) is 0 Å². The lowest BCUT2D eigenvalue weighted by Crippen LogP contribution is -2.50. The number of aromatic nitrogens is 1. The minimum absolute atomic E-state index is 0.0866. The first kappa shape index (κ1) is 22.7. The Morgan fingerprint density at radius 3 is 2.76 bits per heavy atom. The number of carbonyl (C=O) groups is 2. The first-order valence-electron chi connectivity index (χ1n) is 9.63. The van der Waals surface area contributed by atoms with E-state index >= 15 is 0 Å². The molecule has 1 aliphatic rings. The molecule has 0 saturated carbocycles. The van der Waals surface area contributed by atoms with Gasteiger partial charge in [-0.1, -0.05) is 18.8 Å². The topological polar surface area (TPSA) is 103 Å². The molecule has 8 heteroatoms. The molecule has 1 aromatic rings. The Morgan fingerprint density at radius 1 is 1.48 bits per heavy atom. The highest BCUT2D eigenvalue weighted by atomic mass is 16.5. The second-order valence-corrected chi connectivity index (χ2v) is 7.54. The minimum Gasteiger partial charge on any atom is -0.472 e. The molecule has 0 saturated heterocycles. The van der Waals surface area contributed by atoms with Crippen molar-refractivity contribution in [1.82, 2.24) is 14.8 Å². The van der Waals surface area contributed by atoms with E-state index in [2.05, 4.69) is 16.8 Å². The Kier molecular flexibility index (Phi) is 7.59. The van der Waals surface area contributed by atoms with Gasteiger partial charge in [0.25, 0.3) is 5.91 Å². The van der Waals surface area contributed by atoms with E-state index in [1.54, 1.807) is 36.8 Å². The average molecular weight is 403 g/mol. The van der Waals surface area contributed by atoms with Crippen molar-refractivity contribution < 1.29 is 24.5 Å². The molecule has 29 heavy (non-hydrogen) atoms. The van der Waals surface area contributed by atoms with E-state index in [4.69, 9.17) is 4.74 Å². The Balaban J connectivity index is 2.49. The van der Waals surface area contributed by atoms with Crippen LogP contribution < -0.4 is 4.74 Å². The van der Waals surface area contributed by atoms with Crippen LogP contribution in [0.5, 0.6) is 5.88 Å². The number of carbonyl (C=O) groups excluding carboxylic acids is 2. The van der Waals surface area contributed by atoms with Crippen LogP contribution >= 0.6 is 0 Å². The maximum atomic E-state index is 13.2. The fourth-order valence-corrected chi connectivity index (χ4v) is 2.97. The lowest BCUT2D eigenvalue weighted by atomic mass is 10.00. The number of hydrogen-bond acceptors (Lipinski definition) is 6. The van der Waals surface area contributed by atoms with E-state index in [1.165, 1.54) is 13.1 Å². The van der Waals surface area contributed by atoms with Gasteiger partial charge >= 0.3 is 0 Å². The summed E-state index contributed by atoms with van der Waals surface area (Å²) >= 11 is 0. The van der Waals surface area contributed by atoms with Gasteiger partial charge < -0.3 is 24.7 Å². The van der Waals surface area contributed by atoms with E-state index in [0.717, 1.165) is 0 Å². The lowest BCUT2D eigenvalue weighted by molar-refractivity contribution is -0.129. The van der Waals surface area contributed by atoms with Crippen LogP contribution in [0.2, 0.25) is 0 Å². The van der Waals surface area contributed by atoms with Gasteiger partial charge in [0.15, 0.2) is 0 Å². The van der Waals surface area contributed by atoms with Gasteiger partial charge in [0.05, 0.1) is 19.2 Å². The van der Waals surface area contributed by atoms with Gasteiger partial charge in [-0.15, -0.1) is 0 Å². The Morgan fingerprint density at radius 2 is 2.17 bits per heavy atom. The summed E-state index contributed by atoms with van der Waals surface area (Å²) in [4.78, 5) is 32.3. The lowest BCUT2D eigenvalue weighted by Gasteiger charge is -2.37. The number of nitrogens with zero attached hydrogens (tertiary/aromatic N) is 3. The highest BCUT2D eigenvalue weighted by molar-refractivity contribution is 5.97. The summed E-state index contributed by atoms with van der Waals surface area (Å²) in [5, 5.41) is 19.0. The molecule has 158 valence electrons. The van der Waals surface area contributed by atoms with Crippen LogP contribution in [0, 0.1) is 17.8 Å². The maximum Gasteiger partial charge on any atom is 0.259 e. The fourth-order valence-electron chi connectivity index (χ4n) is 2.97. The minimum atomic E-state index is -0.804. The zero-order valence-corrected chi connectivity index (χ0v) is 17.5. The molecule has 8 nitrogen and oxygen atoms in total. The van der Waals surface area contributed by atoms with Gasteiger partial charge in [0.1, 0.15) is 17.8 Å². The van der Waals surface area contributed by atoms with Crippen molar-refractivity contribution in [2.45, 2.75) is 45.9 Å². The van der Waals surface area contributed by atoms with E-state index < -0.39 is 12.1 Å². The molecule has 2 rings (SSSR count). The van der Waals surface area contributed by atoms with Crippen LogP contribution in [0.15, 0.2) is 12.3 Å². The highest BCUT2D eigenvalue weighted by Gasteiger charge is 2.34. The molecular weight excluding hydrogens is 374 g/mol. The van der Waals surface area contributed by atoms with Crippen molar-refractivity contribution in [2.75, 3.05) is 26.7 Å². The molecule has 4 atom stereocenters. The zero-order valence-electron chi connectivity index (χ0n) is 17.5. The van der Waals surface area contributed by atoms with Crippen molar-refractivity contribution in [3.8, 4) is 17.7 Å². The Hall–Kier alpha value is -2.63. The van der Waals surface area contributed by atoms with Crippen LogP contribution in [0.25, 0.3) is 0 Å². The van der Waals surface area contributed by atoms with Gasteiger partial charge in [-0.3, -0.25) is 9.59 Å². The van der Waals surface area contributed by atoms with Crippen molar-refractivity contribution in [2.24, 2.45) is 5.92 Å². The van der Waals surface area contributed by atoms with Gasteiger partial charge in [0.2, 0.25) is 11.8 Å². The second-order valence-electron chi connectivity index (χ2n) is 7.54. The number of rotatable bonds is 4. The second kappa shape index (κ2) is 9.72. The summed E-state index contributed by atoms with van der Waals surface area (Å²) in [5.74, 6) is 5.09. The largest absolute Gasteiger partial charge is 0.472 e. The molecule has 0 bridgehead atoms. The van der Waals surface area contributed by atoms with Gasteiger partial charge in [0, 0.05) is 38.2 Å². The summed E-state index contributed by atoms with van der Waals surface area (Å²) in [7, 11) is 1.69. The standard InChI is InChI=1S/C21H29N3O5/c1-13-10-24(14(2)12-25)21(28)18-8-17(7-6-15(3)26)9-22-20(18)29-19(13)11-23(5)16(4)27/h8-9,13-15,19,25-26H,10-12H2,1-5H3/t13-,14+,15+,19-/m1/s1. The number of ether oxygens (including phenoxy) is 1. The molecular formula is C21H29N3O5. The number of likely N-dealkylation sites (N-methyl/N-ethyl adjacent to an activating group) is 1. The highest BCUT2D eigenvalue weighted by Crippen LogP contribution is 2.27. The summed E-state index contributed by atoms with van der Waals surface area (Å²) < 4.78 is 6.07. The molecule has 2 N–H and O–H groups in total. The van der Waals surface area contributed by atoms with Crippen LogP contribution in [-0.4, -0.2) is 81.8 Å². The van der Waals surface area contributed by atoms with Crippen molar-refractivity contribution in [3.05, 3.63) is 23.4 Å². The van der Waals surface area contributed by atoms with E-state index in [-0.39, 0.29) is 41.9 Å². The number of aliphatic hydroxyl groups is 2. The molecule has 2 amide bonds. The third-order valence-corrected chi connectivity index (χ3v) is 4.94. The van der Waals surface area contributed by atoms with Gasteiger partial charge in [-0.25, -0.2) is 4.98 Å². The molecule has 2 heterocycles. The SMILES string of the molecule is CC(=O)N(C)C[C@H]1Oc2ncc(C#C[C@H](C)O)cc2C(=O)N([C@@H](C)CO)C[C@H]1C. The van der Waals surface area contributed by atoms with Crippen molar-refractivity contribution in [3.63, 3.8) is 0 Å². The third kappa shape index (κ3) is 5.68. The molecule has 1 aliphatic heterocycles. The molecule has 0 radical (unpaired) electrons. The zero-order chi connectivity index (χ0) is 21.7. The fraction of sp³-hybridized carbons (Fsp3) is 0.571. The molecule has 1 aromatic heterocycles. The summed E-state index contributed by atoms with van der Waals surface area (Å²) in [6.07, 6.45) is 0.299. The average Bonchev–Trinajstić information content (AvgIpc) is 2.68. The Bertz CT molecular complexity index is 814. The normalized spacial score (nSPS) is 20.9. The van der Waals surface area contributed by atoms with E-state index in [1.807, 2.05) is 6.92 Å². The van der Waals surface area contributed by atoms with E-state index in [0.29, 0.717) is 18.7 Å². The molecule has 0 aromatic carbocycles. The third-order valence-electron chi connectivity index (χ3n) is 4.94. The van der Waals surface area contributed by atoms with Crippen molar-refractivity contribution >= 4 is 11.8 Å². The molecule has 0 fully saturated rings. The summed E-state index contributed by atoms with van der Waals surface area (Å²) in [6.45, 7) is 7.27. The smallest absolute Gasteiger partial charge is 0.259 e. The number of aliphatic hydroxyl groups excluding tert-OH is 2. The number of amides is 2. The van der Waals surface area contributed by atoms with Crippen LogP contribution in [-0.2, 0) is 4.79 Å². The first-order chi connectivity index (χ1) is 13.6. The predicted molar refractivity (Wildman–Crippen MR) is 107 cm³/mol. The molecule has 0 spiro atoms. The first-order valence-corrected chi connectivity index (χ1v) is 9.63. The van der Waals surface area contributed by atoms with Crippen molar-refractivity contribution in [1.29, 1.82) is 0 Å². The number of hydrogen-bond donors (Lipinski definition) is 2. The van der Waals surface area contributed by atoms with E-state index in [9.17, 15) is 19.8 Å². The summed E-state index contributed by atoms with van der Waals surface area (Å²) in [6, 6.07) is 1.19.